The van der Waals surface area contributed by atoms with Crippen molar-refractivity contribution in [3.63, 3.8) is 0 Å². The highest BCUT2D eigenvalue weighted by molar-refractivity contribution is 5.92. The molecule has 118 valence electrons. The molecule has 1 N–H and O–H groups in total. The number of hydrogen-bond acceptors (Lipinski definition) is 3. The van der Waals surface area contributed by atoms with E-state index in [9.17, 15) is 4.79 Å². The quantitative estimate of drug-likeness (QED) is 0.853. The van der Waals surface area contributed by atoms with Gasteiger partial charge in [0.25, 0.3) is 0 Å². The number of carbonyl (C=O) groups is 1. The normalized spacial score (nSPS) is 10.7. The lowest BCUT2D eigenvalue weighted by molar-refractivity contribution is -0.120. The van der Waals surface area contributed by atoms with Crippen LogP contribution in [0.15, 0.2) is 36.7 Å². The van der Waals surface area contributed by atoms with E-state index in [0.29, 0.717) is 6.54 Å². The molecule has 0 saturated carbocycles. The molecule has 0 spiro atoms. The minimum absolute atomic E-state index is 0.0572. The Kier molecular flexibility index (Phi) is 5.58. The van der Waals surface area contributed by atoms with Gasteiger partial charge in [0, 0.05) is 12.1 Å². The number of rotatable bonds is 7. The summed E-state index contributed by atoms with van der Waals surface area (Å²) in [6.45, 7) is 4.69. The lowest BCUT2D eigenvalue weighted by Gasteiger charge is -2.11. The third kappa shape index (κ3) is 4.10. The number of nitrogens with one attached hydrogen (secondary N) is 1. The van der Waals surface area contributed by atoms with Crippen molar-refractivity contribution in [2.24, 2.45) is 5.92 Å². The molecule has 0 aliphatic heterocycles. The summed E-state index contributed by atoms with van der Waals surface area (Å²) in [4.78, 5) is 12.1. The maximum Gasteiger partial charge on any atom is 0.227 e. The van der Waals surface area contributed by atoms with Gasteiger partial charge in [0.05, 0.1) is 25.5 Å². The van der Waals surface area contributed by atoms with E-state index in [0.717, 1.165) is 29.8 Å². The van der Waals surface area contributed by atoms with Gasteiger partial charge in [-0.3, -0.25) is 9.48 Å². The summed E-state index contributed by atoms with van der Waals surface area (Å²) in [6.07, 6.45) is 5.22. The number of ether oxygens (including phenoxy) is 1. The van der Waals surface area contributed by atoms with Gasteiger partial charge in [-0.2, -0.15) is 5.10 Å². The first-order chi connectivity index (χ1) is 10.7. The van der Waals surface area contributed by atoms with Crippen LogP contribution in [0.4, 0.5) is 5.69 Å². The fraction of sp³-hybridized carbons (Fsp3) is 0.412. The monoisotopic (exact) mass is 301 g/mol. The van der Waals surface area contributed by atoms with Crippen LogP contribution in [0.25, 0.3) is 0 Å². The van der Waals surface area contributed by atoms with Crippen LogP contribution in [0.1, 0.15) is 32.3 Å². The van der Waals surface area contributed by atoms with Crippen LogP contribution in [0.5, 0.6) is 5.75 Å². The molecule has 0 aliphatic carbocycles. The number of anilines is 1. The predicted molar refractivity (Wildman–Crippen MR) is 87.0 cm³/mol. The van der Waals surface area contributed by atoms with E-state index in [2.05, 4.69) is 10.4 Å². The Balaban J connectivity index is 2.00. The number of carbonyl (C=O) groups excluding carboxylic acids is 1. The van der Waals surface area contributed by atoms with Crippen LogP contribution in [-0.2, 0) is 11.3 Å². The zero-order chi connectivity index (χ0) is 15.9. The molecule has 1 heterocycles. The summed E-state index contributed by atoms with van der Waals surface area (Å²) >= 11 is 0. The fourth-order valence-electron chi connectivity index (χ4n) is 2.38. The van der Waals surface area contributed by atoms with Gasteiger partial charge in [-0.1, -0.05) is 26.0 Å². The van der Waals surface area contributed by atoms with Gasteiger partial charge in [-0.15, -0.1) is 0 Å². The van der Waals surface area contributed by atoms with Crippen LogP contribution in [0.2, 0.25) is 0 Å². The van der Waals surface area contributed by atoms with Crippen molar-refractivity contribution in [2.45, 2.75) is 33.2 Å². The van der Waals surface area contributed by atoms with Crippen molar-refractivity contribution in [3.05, 3.63) is 42.2 Å². The Bertz CT molecular complexity index is 618. The zero-order valence-electron chi connectivity index (χ0n) is 13.4. The highest BCUT2D eigenvalue weighted by Crippen LogP contribution is 2.16. The molecule has 0 bridgehead atoms. The highest BCUT2D eigenvalue weighted by Gasteiger charge is 2.14. The minimum atomic E-state index is 0.0572. The van der Waals surface area contributed by atoms with Gasteiger partial charge >= 0.3 is 0 Å². The van der Waals surface area contributed by atoms with Gasteiger partial charge < -0.3 is 10.1 Å². The second-order valence-corrected chi connectivity index (χ2v) is 5.28. The van der Waals surface area contributed by atoms with E-state index >= 15 is 0 Å². The second-order valence-electron chi connectivity index (χ2n) is 5.28. The molecule has 0 fully saturated rings. The molecule has 22 heavy (non-hydrogen) atoms. The van der Waals surface area contributed by atoms with E-state index in [-0.39, 0.29) is 11.8 Å². The molecule has 0 unspecified atom stereocenters. The van der Waals surface area contributed by atoms with Gasteiger partial charge in [0.15, 0.2) is 0 Å². The molecular weight excluding hydrogens is 278 g/mol. The van der Waals surface area contributed by atoms with E-state index in [1.54, 1.807) is 18.0 Å². The van der Waals surface area contributed by atoms with E-state index < -0.39 is 0 Å². The van der Waals surface area contributed by atoms with Crippen LogP contribution in [0, 0.1) is 5.92 Å². The Morgan fingerprint density at radius 2 is 2.14 bits per heavy atom. The first-order valence-electron chi connectivity index (χ1n) is 7.62. The number of amides is 1. The number of aromatic nitrogens is 2. The molecule has 2 aromatic rings. The Morgan fingerprint density at radius 1 is 1.36 bits per heavy atom. The molecule has 5 nitrogen and oxygen atoms in total. The summed E-state index contributed by atoms with van der Waals surface area (Å²) in [6, 6.07) is 7.86. The largest absolute Gasteiger partial charge is 0.497 e. The highest BCUT2D eigenvalue weighted by atomic mass is 16.5. The number of hydrogen-bond donors (Lipinski definition) is 1. The number of nitrogens with zero attached hydrogens (tertiary/aromatic N) is 2. The van der Waals surface area contributed by atoms with Crippen molar-refractivity contribution in [2.75, 3.05) is 12.4 Å². The average Bonchev–Trinajstić information content (AvgIpc) is 2.95. The standard InChI is InChI=1S/C17H23N3O2/c1-4-14(5-2)17(21)19-15-10-18-20(12-15)11-13-7-6-8-16(9-13)22-3/h6-10,12,14H,4-5,11H2,1-3H3,(H,19,21). The maximum absolute atomic E-state index is 12.1. The molecule has 0 saturated heterocycles. The summed E-state index contributed by atoms with van der Waals surface area (Å²) in [5.74, 6) is 0.944. The van der Waals surface area contributed by atoms with Crippen LogP contribution >= 0.6 is 0 Å². The topological polar surface area (TPSA) is 56.2 Å². The lowest BCUT2D eigenvalue weighted by Crippen LogP contribution is -2.21. The minimum Gasteiger partial charge on any atom is -0.497 e. The second kappa shape index (κ2) is 7.64. The summed E-state index contributed by atoms with van der Waals surface area (Å²) < 4.78 is 7.02. The summed E-state index contributed by atoms with van der Waals surface area (Å²) in [5.41, 5.74) is 1.83. The molecule has 0 aliphatic rings. The van der Waals surface area contributed by atoms with E-state index in [4.69, 9.17) is 4.74 Å². The smallest absolute Gasteiger partial charge is 0.227 e. The van der Waals surface area contributed by atoms with Crippen molar-refractivity contribution < 1.29 is 9.53 Å². The molecule has 1 aromatic heterocycles. The van der Waals surface area contributed by atoms with E-state index in [1.165, 1.54) is 0 Å². The first-order valence-corrected chi connectivity index (χ1v) is 7.62. The number of benzene rings is 1. The Morgan fingerprint density at radius 3 is 2.82 bits per heavy atom. The van der Waals surface area contributed by atoms with Gasteiger partial charge in [-0.05, 0) is 30.5 Å². The molecule has 0 radical (unpaired) electrons. The fourth-order valence-corrected chi connectivity index (χ4v) is 2.38. The van der Waals surface area contributed by atoms with Crippen molar-refractivity contribution >= 4 is 11.6 Å². The van der Waals surface area contributed by atoms with Gasteiger partial charge in [0.2, 0.25) is 5.91 Å². The first kappa shape index (κ1) is 16.1. The average molecular weight is 301 g/mol. The molecule has 0 atom stereocenters. The Labute approximate surface area is 131 Å². The number of methoxy groups -OCH3 is 1. The summed E-state index contributed by atoms with van der Waals surface area (Å²) in [5, 5.41) is 7.22. The molecule has 2 rings (SSSR count). The Hall–Kier alpha value is -2.30. The molecule has 5 heteroatoms. The van der Waals surface area contributed by atoms with E-state index in [1.807, 2.05) is 44.3 Å². The van der Waals surface area contributed by atoms with Crippen molar-refractivity contribution in [1.29, 1.82) is 0 Å². The van der Waals surface area contributed by atoms with Crippen LogP contribution in [0.3, 0.4) is 0 Å². The molecule has 1 aromatic carbocycles. The van der Waals surface area contributed by atoms with Crippen molar-refractivity contribution in [1.82, 2.24) is 9.78 Å². The van der Waals surface area contributed by atoms with Gasteiger partial charge in [0.1, 0.15) is 5.75 Å². The van der Waals surface area contributed by atoms with Crippen LogP contribution in [-0.4, -0.2) is 22.8 Å². The lowest BCUT2D eigenvalue weighted by atomic mass is 10.0. The predicted octanol–water partition coefficient (Wildman–Crippen LogP) is 3.31. The molecule has 1 amide bonds. The maximum atomic E-state index is 12.1. The van der Waals surface area contributed by atoms with Crippen molar-refractivity contribution in [3.8, 4) is 5.75 Å². The summed E-state index contributed by atoms with van der Waals surface area (Å²) in [7, 11) is 1.65. The SMILES string of the molecule is CCC(CC)C(=O)Nc1cnn(Cc2cccc(OC)c2)c1. The third-order valence-electron chi connectivity index (χ3n) is 3.74. The van der Waals surface area contributed by atoms with Crippen LogP contribution < -0.4 is 10.1 Å². The third-order valence-corrected chi connectivity index (χ3v) is 3.74. The van der Waals surface area contributed by atoms with Gasteiger partial charge in [-0.25, -0.2) is 0 Å². The zero-order valence-corrected chi connectivity index (χ0v) is 13.4. The molecular formula is C17H23N3O2.